The highest BCUT2D eigenvalue weighted by Crippen LogP contribution is 2.40. The number of benzene rings is 3. The van der Waals surface area contributed by atoms with Crippen LogP contribution < -0.4 is 21.7 Å². The molecule has 3 aliphatic heterocycles. The van der Waals surface area contributed by atoms with Gasteiger partial charge in [0.15, 0.2) is 6.10 Å². The topological polar surface area (TPSA) is 52.6 Å². The van der Waals surface area contributed by atoms with Crippen LogP contribution in [0.1, 0.15) is 46.9 Å². The minimum absolute atomic E-state index is 0. The zero-order valence-corrected chi connectivity index (χ0v) is 23.4. The number of esters is 1. The van der Waals surface area contributed by atoms with Crippen LogP contribution in [0.5, 0.6) is 5.75 Å². The lowest BCUT2D eigenvalue weighted by Gasteiger charge is -2.52. The minimum Gasteiger partial charge on any atom is -1.00 e. The Kier molecular flexibility index (Phi) is 9.18. The van der Waals surface area contributed by atoms with Gasteiger partial charge in [-0.3, -0.25) is 9.59 Å². The number of piperidine rings is 3. The Bertz CT molecular complexity index is 1260. The van der Waals surface area contributed by atoms with Gasteiger partial charge in [-0.1, -0.05) is 24.3 Å². The molecule has 39 heavy (non-hydrogen) atoms. The number of fused-ring (bicyclic) bond motifs is 3. The number of Topliss-reactive ketones (excluding diaryl/α,β-unsaturated/α-hetero) is 1. The van der Waals surface area contributed by atoms with Crippen molar-refractivity contribution >= 4 is 11.8 Å². The van der Waals surface area contributed by atoms with Gasteiger partial charge in [-0.15, -0.1) is 0 Å². The van der Waals surface area contributed by atoms with Crippen molar-refractivity contribution in [1.29, 1.82) is 0 Å². The zero-order chi connectivity index (χ0) is 26.7. The van der Waals surface area contributed by atoms with Crippen LogP contribution >= 0.6 is 0 Å². The molecule has 3 aliphatic rings. The monoisotopic (exact) mass is 599 g/mol. The van der Waals surface area contributed by atoms with E-state index >= 15 is 0 Å². The van der Waals surface area contributed by atoms with E-state index in [1.807, 2.05) is 0 Å². The zero-order valence-electron chi connectivity index (χ0n) is 21.8. The highest BCUT2D eigenvalue weighted by atomic mass is 79.9. The van der Waals surface area contributed by atoms with Gasteiger partial charge in [-0.05, 0) is 65.6 Å². The second-order valence-corrected chi connectivity index (χ2v) is 10.6. The molecule has 3 heterocycles. The summed E-state index contributed by atoms with van der Waals surface area (Å²) in [5.74, 6) is -0.0142. The number of carbonyl (C=O) groups is 2. The summed E-state index contributed by atoms with van der Waals surface area (Å²) in [6.07, 6.45) is 1.23. The number of rotatable bonds is 9. The standard InChI is InChI=1S/C31H32F2NO4.BrH/c1-37-28-10-8-22(9-11-28)29(35)20-34-14-12-21(13-15-34)25(19-34)18-30(36)38-31(23-4-2-6-26(32)16-23)24-5-3-7-27(33)17-24;/h2-11,16-17,21,25,31H,12-15,18-20H2,1H3;1H/q+1;/p-1/t21?,25-,34?;/m0./s1. The third-order valence-corrected chi connectivity index (χ3v) is 8.11. The largest absolute Gasteiger partial charge is 1.00 e. The third kappa shape index (κ3) is 6.73. The van der Waals surface area contributed by atoms with Gasteiger partial charge in [0.05, 0.1) is 33.2 Å². The van der Waals surface area contributed by atoms with Crippen molar-refractivity contribution in [3.05, 3.63) is 101 Å². The van der Waals surface area contributed by atoms with Gasteiger partial charge >= 0.3 is 5.97 Å². The number of carbonyl (C=O) groups excluding carboxylic acids is 2. The SMILES string of the molecule is COc1ccc(C(=O)C[N+]23CCC(CC2)[C@@H](CC(=O)OC(c2cccc(F)c2)c2cccc(F)c2)C3)cc1.[Br-]. The molecule has 8 heteroatoms. The Balaban J connectivity index is 0.00000353. The summed E-state index contributed by atoms with van der Waals surface area (Å²) in [5.41, 5.74) is 1.56. The molecule has 3 aromatic carbocycles. The van der Waals surface area contributed by atoms with Crippen LogP contribution in [0.15, 0.2) is 72.8 Å². The fourth-order valence-electron chi connectivity index (χ4n) is 6.12. The van der Waals surface area contributed by atoms with Crippen LogP contribution in [0.2, 0.25) is 0 Å². The number of nitrogens with zero attached hydrogens (tertiary/aromatic N) is 1. The number of quaternary nitrogens is 1. The maximum Gasteiger partial charge on any atom is 0.307 e. The summed E-state index contributed by atoms with van der Waals surface area (Å²) < 4.78 is 39.7. The molecule has 5 nitrogen and oxygen atoms in total. The molecular formula is C31H32BrF2NO4. The molecule has 0 aliphatic carbocycles. The first kappa shape index (κ1) is 28.9. The number of ether oxygens (including phenoxy) is 2. The van der Waals surface area contributed by atoms with Crippen molar-refractivity contribution in [1.82, 2.24) is 0 Å². The summed E-state index contributed by atoms with van der Waals surface area (Å²) in [6.45, 7) is 2.99. The number of halogens is 3. The second-order valence-electron chi connectivity index (χ2n) is 10.6. The van der Waals surface area contributed by atoms with Gasteiger partial charge in [-0.25, -0.2) is 8.78 Å². The molecule has 3 fully saturated rings. The summed E-state index contributed by atoms with van der Waals surface area (Å²) in [5, 5.41) is 0. The van der Waals surface area contributed by atoms with Crippen molar-refractivity contribution in [2.75, 3.05) is 33.3 Å². The lowest BCUT2D eigenvalue weighted by Crippen LogP contribution is -3.00. The van der Waals surface area contributed by atoms with Crippen LogP contribution in [0.25, 0.3) is 0 Å². The number of hydrogen-bond donors (Lipinski definition) is 0. The number of methoxy groups -OCH3 is 1. The van der Waals surface area contributed by atoms with Gasteiger partial charge in [0.25, 0.3) is 0 Å². The van der Waals surface area contributed by atoms with Crippen LogP contribution in [0.3, 0.4) is 0 Å². The number of ketones is 1. The first-order chi connectivity index (χ1) is 18.3. The van der Waals surface area contributed by atoms with E-state index < -0.39 is 23.7 Å². The Morgan fingerprint density at radius 2 is 1.51 bits per heavy atom. The third-order valence-electron chi connectivity index (χ3n) is 8.11. The smallest absolute Gasteiger partial charge is 0.307 e. The average molecular weight is 601 g/mol. The van der Waals surface area contributed by atoms with Crippen LogP contribution in [-0.2, 0) is 9.53 Å². The van der Waals surface area contributed by atoms with E-state index in [9.17, 15) is 18.4 Å². The van der Waals surface area contributed by atoms with Crippen LogP contribution in [0, 0.1) is 23.5 Å². The van der Waals surface area contributed by atoms with Crippen molar-refractivity contribution in [2.45, 2.75) is 25.4 Å². The molecule has 0 amide bonds. The fraction of sp³-hybridized carbons (Fsp3) is 0.355. The van der Waals surface area contributed by atoms with Gasteiger partial charge < -0.3 is 30.9 Å². The highest BCUT2D eigenvalue weighted by molar-refractivity contribution is 5.97. The van der Waals surface area contributed by atoms with Crippen molar-refractivity contribution in [2.24, 2.45) is 11.8 Å². The first-order valence-electron chi connectivity index (χ1n) is 13.1. The van der Waals surface area contributed by atoms with Gasteiger partial charge in [0.2, 0.25) is 5.78 Å². The van der Waals surface area contributed by atoms with Gasteiger partial charge in [-0.2, -0.15) is 0 Å². The lowest BCUT2D eigenvalue weighted by molar-refractivity contribution is -0.939. The average Bonchev–Trinajstić information content (AvgIpc) is 2.92. The molecule has 2 bridgehead atoms. The molecule has 0 spiro atoms. The summed E-state index contributed by atoms with van der Waals surface area (Å²) in [7, 11) is 1.59. The summed E-state index contributed by atoms with van der Waals surface area (Å²) in [4.78, 5) is 26.4. The Hall–Kier alpha value is -3.10. The van der Waals surface area contributed by atoms with Crippen molar-refractivity contribution in [3.8, 4) is 5.75 Å². The van der Waals surface area contributed by atoms with E-state index in [1.54, 1.807) is 55.6 Å². The van der Waals surface area contributed by atoms with E-state index in [-0.39, 0.29) is 35.1 Å². The quantitative estimate of drug-likeness (QED) is 0.216. The molecule has 0 N–H and O–H groups in total. The fourth-order valence-corrected chi connectivity index (χ4v) is 6.12. The maximum absolute atomic E-state index is 14.0. The molecule has 3 saturated heterocycles. The minimum atomic E-state index is -0.908. The van der Waals surface area contributed by atoms with E-state index in [2.05, 4.69) is 0 Å². The van der Waals surface area contributed by atoms with Crippen molar-refractivity contribution < 1.29 is 49.3 Å². The predicted molar refractivity (Wildman–Crippen MR) is 139 cm³/mol. The highest BCUT2D eigenvalue weighted by Gasteiger charge is 2.47. The molecule has 206 valence electrons. The molecule has 3 aromatic rings. The molecule has 0 saturated carbocycles. The molecule has 0 unspecified atom stereocenters. The molecule has 1 atom stereocenters. The van der Waals surface area contributed by atoms with E-state index in [1.165, 1.54) is 24.3 Å². The van der Waals surface area contributed by atoms with Crippen molar-refractivity contribution in [3.63, 3.8) is 0 Å². The van der Waals surface area contributed by atoms with E-state index in [0.29, 0.717) is 39.4 Å². The second kappa shape index (κ2) is 12.4. The van der Waals surface area contributed by atoms with E-state index in [4.69, 9.17) is 9.47 Å². The predicted octanol–water partition coefficient (Wildman–Crippen LogP) is 2.74. The first-order valence-corrected chi connectivity index (χ1v) is 13.1. The summed E-state index contributed by atoms with van der Waals surface area (Å²) in [6, 6.07) is 18.9. The molecule has 0 radical (unpaired) electrons. The Morgan fingerprint density at radius 3 is 2.05 bits per heavy atom. The van der Waals surface area contributed by atoms with Gasteiger partial charge in [0, 0.05) is 24.3 Å². The van der Waals surface area contributed by atoms with Crippen LogP contribution in [-0.4, -0.2) is 49.5 Å². The normalized spacial score (nSPS) is 21.7. The Labute approximate surface area is 238 Å². The van der Waals surface area contributed by atoms with Gasteiger partial charge in [0.1, 0.15) is 23.9 Å². The number of hydrogen-bond acceptors (Lipinski definition) is 4. The lowest BCUT2D eigenvalue weighted by atomic mass is 9.75. The summed E-state index contributed by atoms with van der Waals surface area (Å²) >= 11 is 0. The molecular weight excluding hydrogens is 568 g/mol. The van der Waals surface area contributed by atoms with Crippen LogP contribution in [0.4, 0.5) is 8.78 Å². The Morgan fingerprint density at radius 1 is 0.923 bits per heavy atom. The maximum atomic E-state index is 14.0. The van der Waals surface area contributed by atoms with E-state index in [0.717, 1.165) is 32.5 Å². The molecule has 0 aromatic heterocycles. The molecule has 6 rings (SSSR count).